The van der Waals surface area contributed by atoms with E-state index in [0.717, 1.165) is 22.0 Å². The van der Waals surface area contributed by atoms with E-state index in [1.165, 1.54) is 22.5 Å². The lowest BCUT2D eigenvalue weighted by Gasteiger charge is -2.28. The van der Waals surface area contributed by atoms with Crippen molar-refractivity contribution >= 4 is 37.7 Å². The molecule has 0 radical (unpaired) electrons. The van der Waals surface area contributed by atoms with E-state index < -0.39 is 10.0 Å². The van der Waals surface area contributed by atoms with E-state index in [4.69, 9.17) is 4.74 Å². The molecule has 1 N–H and O–H groups in total. The number of para-hydroxylation sites is 2. The zero-order valence-electron chi connectivity index (χ0n) is 23.4. The molecule has 0 unspecified atom stereocenters. The summed E-state index contributed by atoms with van der Waals surface area (Å²) in [6, 6.07) is 22.5. The Morgan fingerprint density at radius 1 is 0.976 bits per heavy atom. The van der Waals surface area contributed by atoms with E-state index >= 15 is 0 Å². The topological polar surface area (TPSA) is 95.6 Å². The number of aromatic amines is 1. The summed E-state index contributed by atoms with van der Waals surface area (Å²) in [5.74, 6) is -0.720. The molecule has 0 spiro atoms. The monoisotopic (exact) mass is 588 g/mol. The van der Waals surface area contributed by atoms with Crippen LogP contribution in [-0.2, 0) is 32.5 Å². The summed E-state index contributed by atoms with van der Waals surface area (Å²) in [7, 11) is -2.54. The van der Waals surface area contributed by atoms with Gasteiger partial charge in [0.2, 0.25) is 15.9 Å². The first-order valence-electron chi connectivity index (χ1n) is 13.8. The second-order valence-corrected chi connectivity index (χ2v) is 12.0. The van der Waals surface area contributed by atoms with Crippen LogP contribution in [0.4, 0.5) is 4.39 Å². The Morgan fingerprint density at radius 2 is 1.76 bits per heavy atom. The van der Waals surface area contributed by atoms with Gasteiger partial charge in [-0.05, 0) is 54.3 Å². The highest BCUT2D eigenvalue weighted by Gasteiger charge is 2.30. The van der Waals surface area contributed by atoms with Gasteiger partial charge in [-0.3, -0.25) is 9.78 Å². The number of hydrogen-bond donors (Lipinski definition) is 1. The largest absolute Gasteiger partial charge is 0.385 e. The molecule has 0 saturated heterocycles. The van der Waals surface area contributed by atoms with Crippen LogP contribution in [0.25, 0.3) is 21.8 Å². The molecule has 10 heteroatoms. The Hall–Kier alpha value is -4.12. The Labute approximate surface area is 244 Å². The number of methoxy groups -OCH3 is 1. The number of halogens is 1. The van der Waals surface area contributed by atoms with Crippen LogP contribution in [0.1, 0.15) is 17.5 Å². The molecule has 0 aliphatic heterocycles. The lowest BCUT2D eigenvalue weighted by atomic mass is 10.1. The Morgan fingerprint density at radius 3 is 2.57 bits per heavy atom. The first kappa shape index (κ1) is 29.4. The van der Waals surface area contributed by atoms with Crippen molar-refractivity contribution in [1.29, 1.82) is 0 Å². The van der Waals surface area contributed by atoms with Crippen LogP contribution in [0.5, 0.6) is 0 Å². The quantitative estimate of drug-likeness (QED) is 0.192. The maximum atomic E-state index is 14.0. The van der Waals surface area contributed by atoms with Gasteiger partial charge in [-0.25, -0.2) is 12.8 Å². The fourth-order valence-electron chi connectivity index (χ4n) is 5.04. The Kier molecular flexibility index (Phi) is 9.26. The summed E-state index contributed by atoms with van der Waals surface area (Å²) in [5, 5.41) is 1.76. The highest BCUT2D eigenvalue weighted by Crippen LogP contribution is 2.25. The van der Waals surface area contributed by atoms with Crippen molar-refractivity contribution in [3.8, 4) is 0 Å². The molecule has 0 fully saturated rings. The van der Waals surface area contributed by atoms with Gasteiger partial charge in [-0.1, -0.05) is 48.5 Å². The van der Waals surface area contributed by atoms with Gasteiger partial charge in [0.1, 0.15) is 10.7 Å². The number of ether oxygens (including phenoxy) is 1. The van der Waals surface area contributed by atoms with Crippen molar-refractivity contribution < 1.29 is 22.3 Å². The fourth-order valence-corrected chi connectivity index (χ4v) is 6.63. The SMILES string of the molecule is COCCCN(CC(=O)N(CCc1c[nH]c2ccccc12)Cc1ccc(F)cc1)S(=O)(=O)c1cccc2cccnc12. The molecule has 0 atom stereocenters. The number of aromatic nitrogens is 2. The molecular formula is C32H33FN4O4S. The third kappa shape index (κ3) is 6.67. The standard InChI is InChI=1S/C32H33FN4O4S/c1-41-20-6-18-37(42(39,40)30-11-4-7-25-8-5-17-34-32(25)30)23-31(38)36(22-24-12-14-27(33)15-13-24)19-16-26-21-35-29-10-3-2-9-28(26)29/h2-5,7-15,17,21,35H,6,16,18-20,22-23H2,1H3. The molecule has 0 aliphatic rings. The van der Waals surface area contributed by atoms with Gasteiger partial charge in [0, 0.05) is 62.0 Å². The predicted octanol–water partition coefficient (Wildman–Crippen LogP) is 5.15. The molecule has 2 aromatic heterocycles. The number of hydrogen-bond acceptors (Lipinski definition) is 5. The van der Waals surface area contributed by atoms with E-state index in [1.807, 2.05) is 30.5 Å². The van der Waals surface area contributed by atoms with Gasteiger partial charge in [-0.15, -0.1) is 0 Å². The molecule has 1 amide bonds. The average Bonchev–Trinajstić information content (AvgIpc) is 3.42. The molecule has 3 aromatic carbocycles. The summed E-state index contributed by atoms with van der Waals surface area (Å²) in [5.41, 5.74) is 3.15. The molecule has 0 saturated carbocycles. The zero-order valence-corrected chi connectivity index (χ0v) is 24.2. The van der Waals surface area contributed by atoms with E-state index in [9.17, 15) is 17.6 Å². The Balaban J connectivity index is 1.43. The van der Waals surface area contributed by atoms with Crippen LogP contribution in [0.15, 0.2) is 96.2 Å². The molecule has 42 heavy (non-hydrogen) atoms. The number of carbonyl (C=O) groups excluding carboxylic acids is 1. The number of sulfonamides is 1. The highest BCUT2D eigenvalue weighted by molar-refractivity contribution is 7.89. The third-order valence-electron chi connectivity index (χ3n) is 7.25. The zero-order chi connectivity index (χ0) is 29.5. The predicted molar refractivity (Wildman–Crippen MR) is 161 cm³/mol. The number of benzene rings is 3. The third-order valence-corrected chi connectivity index (χ3v) is 9.12. The van der Waals surface area contributed by atoms with Crippen molar-refractivity contribution in [3.05, 3.63) is 108 Å². The van der Waals surface area contributed by atoms with E-state index in [2.05, 4.69) is 9.97 Å². The first-order valence-corrected chi connectivity index (χ1v) is 15.2. The summed E-state index contributed by atoms with van der Waals surface area (Å²) in [4.78, 5) is 23.2. The number of rotatable bonds is 13. The van der Waals surface area contributed by atoms with Gasteiger partial charge in [0.05, 0.1) is 12.1 Å². The molecule has 0 aliphatic carbocycles. The summed E-state index contributed by atoms with van der Waals surface area (Å²) >= 11 is 0. The van der Waals surface area contributed by atoms with Crippen molar-refractivity contribution in [2.75, 3.05) is 33.4 Å². The second kappa shape index (κ2) is 13.2. The normalized spacial score (nSPS) is 11.9. The number of nitrogens with zero attached hydrogens (tertiary/aromatic N) is 3. The average molecular weight is 589 g/mol. The van der Waals surface area contributed by atoms with Gasteiger partial charge in [-0.2, -0.15) is 4.31 Å². The maximum absolute atomic E-state index is 14.0. The minimum atomic E-state index is -4.09. The molecular weight excluding hydrogens is 555 g/mol. The van der Waals surface area contributed by atoms with Gasteiger partial charge >= 0.3 is 0 Å². The van der Waals surface area contributed by atoms with Crippen LogP contribution in [0.3, 0.4) is 0 Å². The smallest absolute Gasteiger partial charge is 0.245 e. The van der Waals surface area contributed by atoms with E-state index in [0.29, 0.717) is 36.9 Å². The molecule has 218 valence electrons. The molecule has 2 heterocycles. The van der Waals surface area contributed by atoms with Crippen molar-refractivity contribution in [2.45, 2.75) is 24.3 Å². The van der Waals surface area contributed by atoms with Crippen LogP contribution >= 0.6 is 0 Å². The molecule has 0 bridgehead atoms. The number of carbonyl (C=O) groups is 1. The number of H-pyrrole nitrogens is 1. The van der Waals surface area contributed by atoms with Gasteiger partial charge in [0.25, 0.3) is 0 Å². The Bertz CT molecular complexity index is 1770. The van der Waals surface area contributed by atoms with E-state index in [-0.39, 0.29) is 36.3 Å². The maximum Gasteiger partial charge on any atom is 0.245 e. The van der Waals surface area contributed by atoms with E-state index in [1.54, 1.807) is 54.6 Å². The lowest BCUT2D eigenvalue weighted by Crippen LogP contribution is -2.44. The van der Waals surface area contributed by atoms with Crippen LogP contribution in [0.2, 0.25) is 0 Å². The van der Waals surface area contributed by atoms with Crippen LogP contribution in [-0.4, -0.2) is 66.8 Å². The number of nitrogens with one attached hydrogen (secondary N) is 1. The van der Waals surface area contributed by atoms with Crippen molar-refractivity contribution in [1.82, 2.24) is 19.2 Å². The van der Waals surface area contributed by atoms with Crippen LogP contribution in [0, 0.1) is 5.82 Å². The fraction of sp³-hybridized carbons (Fsp3) is 0.250. The minimum absolute atomic E-state index is 0.0506. The summed E-state index contributed by atoms with van der Waals surface area (Å²) < 4.78 is 48.0. The van der Waals surface area contributed by atoms with Crippen molar-refractivity contribution in [3.63, 3.8) is 0 Å². The molecule has 5 rings (SSSR count). The summed E-state index contributed by atoms with van der Waals surface area (Å²) in [6.45, 7) is 0.638. The number of pyridine rings is 1. The number of amides is 1. The minimum Gasteiger partial charge on any atom is -0.385 e. The van der Waals surface area contributed by atoms with Crippen LogP contribution < -0.4 is 0 Å². The molecule has 8 nitrogen and oxygen atoms in total. The molecule has 5 aromatic rings. The van der Waals surface area contributed by atoms with Gasteiger partial charge < -0.3 is 14.6 Å². The first-order chi connectivity index (χ1) is 20.4. The summed E-state index contributed by atoms with van der Waals surface area (Å²) in [6.07, 6.45) is 4.45. The second-order valence-electron chi connectivity index (χ2n) is 10.1. The van der Waals surface area contributed by atoms with Crippen molar-refractivity contribution in [2.24, 2.45) is 0 Å². The number of fused-ring (bicyclic) bond motifs is 2. The lowest BCUT2D eigenvalue weighted by molar-refractivity contribution is -0.132. The van der Waals surface area contributed by atoms with Gasteiger partial charge in [0.15, 0.2) is 0 Å². The highest BCUT2D eigenvalue weighted by atomic mass is 32.2.